The Morgan fingerprint density at radius 2 is 1.88 bits per heavy atom. The lowest BCUT2D eigenvalue weighted by molar-refractivity contribution is -0.382. The van der Waals surface area contributed by atoms with Crippen LogP contribution in [0.1, 0.15) is 16.1 Å². The number of H-pyrrole nitrogens is 1. The molecule has 0 spiro atoms. The van der Waals surface area contributed by atoms with Crippen LogP contribution in [0.15, 0.2) is 36.7 Å². The van der Waals surface area contributed by atoms with Crippen LogP contribution in [0.5, 0.6) is 0 Å². The molecule has 1 aliphatic heterocycles. The Morgan fingerprint density at radius 3 is 2.44 bits per heavy atom. The zero-order valence-corrected chi connectivity index (χ0v) is 13.4. The molecular weight excluding hydrogens is 365 g/mol. The van der Waals surface area contributed by atoms with E-state index in [0.29, 0.717) is 5.56 Å². The van der Waals surface area contributed by atoms with Crippen molar-refractivity contribution >= 4 is 27.3 Å². The van der Waals surface area contributed by atoms with Gasteiger partial charge in [0.15, 0.2) is 16.3 Å². The molecule has 1 aliphatic carbocycles. The van der Waals surface area contributed by atoms with Gasteiger partial charge in [0.2, 0.25) is 17.3 Å². The van der Waals surface area contributed by atoms with Gasteiger partial charge in [0.25, 0.3) is 0 Å². The summed E-state index contributed by atoms with van der Waals surface area (Å²) >= 11 is 0. The van der Waals surface area contributed by atoms with Crippen molar-refractivity contribution in [1.82, 2.24) is 4.90 Å². The molecular formula is C14H11F3N2O5S. The predicted octanol–water partition coefficient (Wildman–Crippen LogP) is 0.529. The summed E-state index contributed by atoms with van der Waals surface area (Å²) in [7, 11) is -4.29. The second-order valence-corrected chi connectivity index (χ2v) is 6.45. The number of hydrogen-bond acceptors (Lipinski definition) is 6. The first-order valence-corrected chi connectivity index (χ1v) is 8.08. The molecule has 1 aromatic rings. The predicted molar refractivity (Wildman–Crippen MR) is 76.8 cm³/mol. The molecule has 25 heavy (non-hydrogen) atoms. The number of alkyl halides is 3. The van der Waals surface area contributed by atoms with Gasteiger partial charge in [-0.25, -0.2) is 13.4 Å². The number of aromatic amines is 1. The molecule has 0 radical (unpaired) electrons. The Balaban J connectivity index is 0.000000242. The summed E-state index contributed by atoms with van der Waals surface area (Å²) < 4.78 is 58.9. The van der Waals surface area contributed by atoms with Crippen molar-refractivity contribution in [2.75, 3.05) is 7.05 Å². The number of nitrogens with one attached hydrogen (secondary N) is 1. The summed E-state index contributed by atoms with van der Waals surface area (Å²) in [6, 6.07) is 2.92. The maximum absolute atomic E-state index is 12.1. The monoisotopic (exact) mass is 376 g/mol. The minimum Gasteiger partial charge on any atom is -0.741 e. The Bertz CT molecular complexity index is 890. The first kappa shape index (κ1) is 18.8. The molecule has 0 fully saturated rings. The van der Waals surface area contributed by atoms with Crippen molar-refractivity contribution in [3.8, 4) is 0 Å². The summed E-state index contributed by atoms with van der Waals surface area (Å²) in [5, 5.41) is 0. The number of allylic oxidation sites excluding steroid dienone is 2. The molecule has 0 amide bonds. The highest BCUT2D eigenvalue weighted by Crippen LogP contribution is 2.30. The molecule has 2 heterocycles. The lowest BCUT2D eigenvalue weighted by Gasteiger charge is -2.31. The highest BCUT2D eigenvalue weighted by Gasteiger charge is 2.43. The number of hydrogen-bond donors (Lipinski definition) is 0. The number of ketones is 2. The van der Waals surface area contributed by atoms with E-state index in [-0.39, 0.29) is 5.78 Å². The summed E-state index contributed by atoms with van der Waals surface area (Å²) in [6.07, 6.45) is 7.31. The van der Waals surface area contributed by atoms with Gasteiger partial charge < -0.3 is 9.45 Å². The van der Waals surface area contributed by atoms with E-state index in [1.54, 1.807) is 36.5 Å². The third-order valence-corrected chi connectivity index (χ3v) is 4.01. The van der Waals surface area contributed by atoms with Crippen molar-refractivity contribution in [1.29, 1.82) is 0 Å². The van der Waals surface area contributed by atoms with Crippen molar-refractivity contribution in [2.45, 2.75) is 11.6 Å². The minimum atomic E-state index is -6.09. The molecule has 1 N–H and O–H groups in total. The third kappa shape index (κ3) is 3.61. The molecule has 1 aromatic heterocycles. The van der Waals surface area contributed by atoms with E-state index < -0.39 is 27.5 Å². The van der Waals surface area contributed by atoms with E-state index in [9.17, 15) is 22.8 Å². The summed E-state index contributed by atoms with van der Waals surface area (Å²) in [5.74, 6) is -0.781. The summed E-state index contributed by atoms with van der Waals surface area (Å²) in [5.41, 5.74) is -3.58. The van der Waals surface area contributed by atoms with Gasteiger partial charge in [-0.05, 0) is 24.4 Å². The van der Waals surface area contributed by atoms with Gasteiger partial charge in [-0.15, -0.1) is 0 Å². The number of carbonyl (C=O) groups excluding carboxylic acids is 2. The number of halogens is 3. The highest BCUT2D eigenvalue weighted by atomic mass is 32.2. The van der Waals surface area contributed by atoms with Crippen LogP contribution in [0.2, 0.25) is 0 Å². The molecule has 0 bridgehead atoms. The fourth-order valence-corrected chi connectivity index (χ4v) is 2.35. The SMILES string of the molecule is CN1C=CC=C2c3[nH+]cccc3C(=O)C(=O)C21.O=S(=O)([O-])C(F)(F)F. The smallest absolute Gasteiger partial charge is 0.485 e. The van der Waals surface area contributed by atoms with Crippen molar-refractivity contribution < 1.29 is 40.7 Å². The van der Waals surface area contributed by atoms with E-state index in [1.165, 1.54) is 0 Å². The van der Waals surface area contributed by atoms with Gasteiger partial charge >= 0.3 is 5.51 Å². The molecule has 3 rings (SSSR count). The summed E-state index contributed by atoms with van der Waals surface area (Å²) in [6.45, 7) is 0. The Kier molecular flexibility index (Phi) is 4.82. The van der Waals surface area contributed by atoms with E-state index >= 15 is 0 Å². The number of rotatable bonds is 0. The largest absolute Gasteiger partial charge is 0.741 e. The molecule has 1 unspecified atom stereocenters. The zero-order chi connectivity index (χ0) is 19.0. The lowest BCUT2D eigenvalue weighted by atomic mass is 9.83. The normalized spacial score (nSPS) is 19.5. The Hall–Kier alpha value is -2.53. The summed E-state index contributed by atoms with van der Waals surface area (Å²) in [4.78, 5) is 28.8. The number of aromatic nitrogens is 1. The lowest BCUT2D eigenvalue weighted by Crippen LogP contribution is -2.46. The first-order valence-electron chi connectivity index (χ1n) is 6.67. The van der Waals surface area contributed by atoms with Gasteiger partial charge in [0.1, 0.15) is 6.04 Å². The molecule has 1 atom stereocenters. The number of fused-ring (bicyclic) bond motifs is 3. The second-order valence-electron chi connectivity index (χ2n) is 5.08. The number of carbonyl (C=O) groups is 2. The van der Waals surface area contributed by atoms with Crippen molar-refractivity contribution in [3.05, 3.63) is 47.9 Å². The molecule has 0 saturated heterocycles. The number of likely N-dealkylation sites (N-methyl/N-ethyl adjacent to an activating group) is 1. The van der Waals surface area contributed by atoms with Gasteiger partial charge in [-0.3, -0.25) is 9.59 Å². The average molecular weight is 376 g/mol. The van der Waals surface area contributed by atoms with Gasteiger partial charge in [0, 0.05) is 13.1 Å². The quantitative estimate of drug-likeness (QED) is 0.371. The van der Waals surface area contributed by atoms with Crippen molar-refractivity contribution in [3.63, 3.8) is 0 Å². The van der Waals surface area contributed by atoms with Crippen LogP contribution in [0.25, 0.3) is 5.57 Å². The topological polar surface area (TPSA) is 109 Å². The van der Waals surface area contributed by atoms with Crippen LogP contribution >= 0.6 is 0 Å². The van der Waals surface area contributed by atoms with Crippen LogP contribution in [0.4, 0.5) is 13.2 Å². The highest BCUT2D eigenvalue weighted by molar-refractivity contribution is 7.86. The van der Waals surface area contributed by atoms with E-state index in [0.717, 1.165) is 11.3 Å². The van der Waals surface area contributed by atoms with Crippen LogP contribution < -0.4 is 4.98 Å². The fourth-order valence-electron chi connectivity index (χ4n) is 2.35. The van der Waals surface area contributed by atoms with E-state index in [4.69, 9.17) is 13.0 Å². The van der Waals surface area contributed by atoms with Gasteiger partial charge in [-0.2, -0.15) is 13.2 Å². The molecule has 0 saturated carbocycles. The standard InChI is InChI=1S/C13H10N2O2.CHF3O3S/c1-15-7-3-5-8-10-9(4-2-6-14-10)12(16)13(17)11(8)15;2-1(3,4)8(5,6)7/h2-7,11H,1H3;(H,5,6,7). The van der Waals surface area contributed by atoms with Crippen LogP contribution in [0.3, 0.4) is 0 Å². The third-order valence-electron chi connectivity index (χ3n) is 3.44. The molecule has 11 heteroatoms. The van der Waals surface area contributed by atoms with Crippen LogP contribution in [-0.4, -0.2) is 48.0 Å². The molecule has 7 nitrogen and oxygen atoms in total. The minimum absolute atomic E-state index is 0.366. The maximum Gasteiger partial charge on any atom is 0.485 e. The molecule has 2 aliphatic rings. The fraction of sp³-hybridized carbons (Fsp3) is 0.214. The number of pyridine rings is 1. The zero-order valence-electron chi connectivity index (χ0n) is 12.6. The van der Waals surface area contributed by atoms with E-state index in [2.05, 4.69) is 4.98 Å². The van der Waals surface area contributed by atoms with E-state index in [1.807, 2.05) is 12.2 Å². The number of Topliss-reactive ketones (excluding diaryl/α,β-unsaturated/α-hetero) is 2. The second kappa shape index (κ2) is 6.41. The Morgan fingerprint density at radius 1 is 1.28 bits per heavy atom. The van der Waals surface area contributed by atoms with Crippen molar-refractivity contribution in [2.24, 2.45) is 0 Å². The van der Waals surface area contributed by atoms with Crippen LogP contribution in [-0.2, 0) is 14.9 Å². The number of nitrogens with zero attached hydrogens (tertiary/aromatic N) is 1. The van der Waals surface area contributed by atoms with Crippen LogP contribution in [0, 0.1) is 0 Å². The van der Waals surface area contributed by atoms with Gasteiger partial charge in [0.05, 0.1) is 11.1 Å². The average Bonchev–Trinajstić information content (AvgIpc) is 2.51. The molecule has 134 valence electrons. The molecule has 0 aromatic carbocycles. The maximum atomic E-state index is 12.1. The van der Waals surface area contributed by atoms with Gasteiger partial charge in [-0.1, -0.05) is 0 Å². The Labute approximate surface area is 140 Å². The first-order chi connectivity index (χ1) is 11.4.